The van der Waals surface area contributed by atoms with E-state index < -0.39 is 36.0 Å². The summed E-state index contributed by atoms with van der Waals surface area (Å²) in [6, 6.07) is 20.5. The molecule has 0 spiro atoms. The summed E-state index contributed by atoms with van der Waals surface area (Å²) >= 11 is 0. The van der Waals surface area contributed by atoms with E-state index >= 15 is 0 Å². The van der Waals surface area contributed by atoms with Gasteiger partial charge in [-0.1, -0.05) is 87.0 Å². The number of hydrogen-bond donors (Lipinski definition) is 3. The van der Waals surface area contributed by atoms with Crippen molar-refractivity contribution in [3.63, 3.8) is 0 Å². The average molecular weight is 658 g/mol. The Labute approximate surface area is 280 Å². The third-order valence-corrected chi connectivity index (χ3v) is 7.91. The number of aldehydes is 1. The molecule has 1 aliphatic rings. The maximum atomic E-state index is 13.5. The highest BCUT2D eigenvalue weighted by atomic mass is 16.7. The van der Waals surface area contributed by atoms with Gasteiger partial charge in [0.2, 0.25) is 5.91 Å². The fourth-order valence-corrected chi connectivity index (χ4v) is 5.29. The maximum Gasteiger partial charge on any atom is 0.408 e. The van der Waals surface area contributed by atoms with E-state index in [4.69, 9.17) is 15.3 Å². The van der Waals surface area contributed by atoms with Gasteiger partial charge in [-0.25, -0.2) is 9.59 Å². The number of rotatable bonds is 14. The van der Waals surface area contributed by atoms with Gasteiger partial charge in [-0.15, -0.1) is 0 Å². The highest BCUT2D eigenvalue weighted by Crippen LogP contribution is 2.34. The lowest BCUT2D eigenvalue weighted by Gasteiger charge is -2.27. The lowest BCUT2D eigenvalue weighted by atomic mass is 9.96. The van der Waals surface area contributed by atoms with Crippen molar-refractivity contribution in [3.05, 3.63) is 90.3 Å². The van der Waals surface area contributed by atoms with Crippen LogP contribution in [0.3, 0.4) is 0 Å². The van der Waals surface area contributed by atoms with Crippen molar-refractivity contribution in [1.82, 2.24) is 15.7 Å². The van der Waals surface area contributed by atoms with Gasteiger partial charge in [0.25, 0.3) is 5.91 Å². The molecule has 0 fully saturated rings. The first-order valence-corrected chi connectivity index (χ1v) is 16.0. The van der Waals surface area contributed by atoms with Gasteiger partial charge in [-0.2, -0.15) is 5.48 Å². The summed E-state index contributed by atoms with van der Waals surface area (Å²) in [4.78, 5) is 72.0. The zero-order chi connectivity index (χ0) is 34.6. The molecule has 254 valence electrons. The molecule has 0 saturated heterocycles. The Balaban J connectivity index is 1.56. The van der Waals surface area contributed by atoms with Crippen molar-refractivity contribution in [2.24, 2.45) is 17.6 Å². The second-order valence-corrected chi connectivity index (χ2v) is 12.3. The van der Waals surface area contributed by atoms with E-state index in [1.54, 1.807) is 25.3 Å². The van der Waals surface area contributed by atoms with Gasteiger partial charge < -0.3 is 30.3 Å². The lowest BCUT2D eigenvalue weighted by molar-refractivity contribution is -0.160. The first-order valence-electron chi connectivity index (χ1n) is 16.0. The van der Waals surface area contributed by atoms with Crippen molar-refractivity contribution >= 4 is 46.6 Å². The van der Waals surface area contributed by atoms with Crippen LogP contribution in [0.1, 0.15) is 52.0 Å². The summed E-state index contributed by atoms with van der Waals surface area (Å²) in [6.45, 7) is 5.70. The van der Waals surface area contributed by atoms with Gasteiger partial charge >= 0.3 is 12.1 Å². The normalized spacial score (nSPS) is 14.6. The van der Waals surface area contributed by atoms with Crippen LogP contribution in [0, 0.1) is 11.8 Å². The minimum atomic E-state index is -1.29. The number of anilines is 1. The highest BCUT2D eigenvalue weighted by Gasteiger charge is 2.33. The van der Waals surface area contributed by atoms with E-state index in [-0.39, 0.29) is 32.0 Å². The van der Waals surface area contributed by atoms with Gasteiger partial charge in [0.15, 0.2) is 0 Å². The number of carbonyl (C=O) groups is 5. The van der Waals surface area contributed by atoms with Crippen molar-refractivity contribution < 1.29 is 33.5 Å². The molecule has 0 saturated carbocycles. The quantitative estimate of drug-likeness (QED) is 0.167. The molecule has 1 aliphatic heterocycles. The molecule has 3 atom stereocenters. The summed E-state index contributed by atoms with van der Waals surface area (Å²) in [5.74, 6) is -2.15. The van der Waals surface area contributed by atoms with E-state index in [2.05, 4.69) is 10.8 Å². The van der Waals surface area contributed by atoms with Crippen molar-refractivity contribution in [3.8, 4) is 0 Å². The maximum absolute atomic E-state index is 13.5. The van der Waals surface area contributed by atoms with E-state index in [0.29, 0.717) is 24.3 Å². The van der Waals surface area contributed by atoms with Gasteiger partial charge in [0.05, 0.1) is 18.2 Å². The number of nitrogens with two attached hydrogens (primary N) is 1. The molecule has 0 aliphatic carbocycles. The lowest BCUT2D eigenvalue weighted by Crippen LogP contribution is -2.48. The van der Waals surface area contributed by atoms with Gasteiger partial charge in [-0.05, 0) is 36.3 Å². The molecule has 3 amide bonds. The van der Waals surface area contributed by atoms with Crippen LogP contribution in [-0.4, -0.2) is 53.8 Å². The van der Waals surface area contributed by atoms with Crippen LogP contribution in [0.15, 0.2) is 84.7 Å². The van der Waals surface area contributed by atoms with Crippen molar-refractivity contribution in [2.75, 3.05) is 11.6 Å². The molecule has 1 heterocycles. The largest absolute Gasteiger partial charge is 0.445 e. The van der Waals surface area contributed by atoms with Gasteiger partial charge in [0.1, 0.15) is 25.6 Å². The SMILES string of the molecule is CC(C)CC[C@H](C=O)CC(=O)ONC(=O)[C@H](CC1=CN(C(=O)[C@H](C)N)CN1c1cccc2ccccc12)NC(=O)OCc1ccccc1. The minimum Gasteiger partial charge on any atom is -0.445 e. The summed E-state index contributed by atoms with van der Waals surface area (Å²) in [5, 5.41) is 4.46. The van der Waals surface area contributed by atoms with E-state index in [9.17, 15) is 24.0 Å². The molecule has 12 nitrogen and oxygen atoms in total. The topological polar surface area (TPSA) is 160 Å². The monoisotopic (exact) mass is 657 g/mol. The van der Waals surface area contributed by atoms with Crippen LogP contribution in [0.25, 0.3) is 10.8 Å². The number of nitrogens with zero attached hydrogens (tertiary/aromatic N) is 2. The Morgan fingerprint density at radius 1 is 0.938 bits per heavy atom. The number of amides is 3. The molecule has 48 heavy (non-hydrogen) atoms. The minimum absolute atomic E-state index is 0.0407. The first-order chi connectivity index (χ1) is 23.0. The van der Waals surface area contributed by atoms with Crippen molar-refractivity contribution in [2.45, 2.75) is 65.1 Å². The molecule has 0 unspecified atom stereocenters. The third kappa shape index (κ3) is 9.88. The number of hydroxylamine groups is 1. The number of hydrogen-bond acceptors (Lipinski definition) is 9. The van der Waals surface area contributed by atoms with E-state index in [1.165, 1.54) is 4.90 Å². The summed E-state index contributed by atoms with van der Waals surface area (Å²) in [7, 11) is 0. The molecule has 0 bridgehead atoms. The molecule has 4 rings (SSSR count). The van der Waals surface area contributed by atoms with E-state index in [1.807, 2.05) is 79.4 Å². The summed E-state index contributed by atoms with van der Waals surface area (Å²) < 4.78 is 5.38. The number of nitrogens with one attached hydrogen (secondary N) is 2. The Morgan fingerprint density at radius 3 is 2.35 bits per heavy atom. The van der Waals surface area contributed by atoms with Crippen LogP contribution in [0.5, 0.6) is 0 Å². The number of fused-ring (bicyclic) bond motifs is 1. The average Bonchev–Trinajstić information content (AvgIpc) is 3.50. The number of alkyl carbamates (subject to hydrolysis) is 1. The molecule has 3 aromatic rings. The Kier molecular flexibility index (Phi) is 12.7. The molecule has 0 aromatic heterocycles. The zero-order valence-corrected chi connectivity index (χ0v) is 27.5. The fraction of sp³-hybridized carbons (Fsp3) is 0.361. The van der Waals surface area contributed by atoms with Crippen molar-refractivity contribution in [1.29, 1.82) is 0 Å². The number of benzene rings is 3. The highest BCUT2D eigenvalue weighted by molar-refractivity contribution is 5.96. The Hall–Kier alpha value is -5.23. The first kappa shape index (κ1) is 35.6. The fourth-order valence-electron chi connectivity index (χ4n) is 5.29. The van der Waals surface area contributed by atoms with Crippen LogP contribution < -0.4 is 21.4 Å². The second-order valence-electron chi connectivity index (χ2n) is 12.3. The molecule has 4 N–H and O–H groups in total. The third-order valence-electron chi connectivity index (χ3n) is 7.91. The zero-order valence-electron chi connectivity index (χ0n) is 27.5. The smallest absolute Gasteiger partial charge is 0.408 e. The molecular weight excluding hydrogens is 614 g/mol. The predicted octanol–water partition coefficient (Wildman–Crippen LogP) is 4.54. The molecular formula is C36H43N5O7. The van der Waals surface area contributed by atoms with Crippen LogP contribution in [-0.2, 0) is 35.4 Å². The summed E-state index contributed by atoms with van der Waals surface area (Å²) in [6.07, 6.45) is 2.38. The van der Waals surface area contributed by atoms with Crippen LogP contribution in [0.4, 0.5) is 10.5 Å². The Morgan fingerprint density at radius 2 is 1.65 bits per heavy atom. The molecule has 0 radical (unpaired) electrons. The van der Waals surface area contributed by atoms with Crippen LogP contribution in [0.2, 0.25) is 0 Å². The molecule has 12 heteroatoms. The number of carbonyl (C=O) groups excluding carboxylic acids is 5. The van der Waals surface area contributed by atoms with Gasteiger partial charge in [-0.3, -0.25) is 14.5 Å². The number of ether oxygens (including phenoxy) is 1. The van der Waals surface area contributed by atoms with E-state index in [0.717, 1.165) is 28.4 Å². The second kappa shape index (κ2) is 17.1. The summed E-state index contributed by atoms with van der Waals surface area (Å²) in [5.41, 5.74) is 10.1. The van der Waals surface area contributed by atoms with Gasteiger partial charge in [0, 0.05) is 29.6 Å². The predicted molar refractivity (Wildman–Crippen MR) is 181 cm³/mol. The standard InChI is InChI=1S/C36H43N5O7/c1-24(2)16-17-27(21-42)18-33(43)48-39-34(44)31(38-36(46)47-22-26-10-5-4-6-11-26)19-29-20-40(35(45)25(3)37)23-41(29)32-15-9-13-28-12-7-8-14-30(28)32/h4-15,20-21,24-25,27,31H,16-19,22-23,37H2,1-3H3,(H,38,46)(H,39,44)/t25-,27-,31-/m0/s1. The molecule has 3 aromatic carbocycles. The Bertz CT molecular complexity index is 1620. The van der Waals surface area contributed by atoms with Crippen LogP contribution >= 0.6 is 0 Å².